The minimum absolute atomic E-state index is 0.229. The minimum atomic E-state index is -0.368. The van der Waals surface area contributed by atoms with Gasteiger partial charge in [0, 0.05) is 23.8 Å². The van der Waals surface area contributed by atoms with Crippen LogP contribution in [0.15, 0.2) is 29.3 Å². The Morgan fingerprint density at radius 2 is 2.33 bits per heavy atom. The molecule has 1 rings (SSSR count). The Morgan fingerprint density at radius 3 is 2.93 bits per heavy atom. The van der Waals surface area contributed by atoms with Crippen LogP contribution >= 0.6 is 11.6 Å². The summed E-state index contributed by atoms with van der Waals surface area (Å²) in [6, 6.07) is 4.62. The van der Waals surface area contributed by atoms with Crippen molar-refractivity contribution in [2.75, 3.05) is 19.0 Å². The van der Waals surface area contributed by atoms with Crippen molar-refractivity contribution >= 4 is 17.3 Å². The van der Waals surface area contributed by atoms with Crippen LogP contribution in [0.5, 0.6) is 5.75 Å². The molecule has 1 aromatic rings. The topological polar surface area (TPSA) is 21.3 Å². The summed E-state index contributed by atoms with van der Waals surface area (Å²) in [5, 5.41) is 3.10. The Hall–Kier alpha value is -1.22. The molecule has 0 heterocycles. The van der Waals surface area contributed by atoms with E-state index in [-0.39, 0.29) is 11.6 Å². The van der Waals surface area contributed by atoms with E-state index in [1.807, 2.05) is 6.92 Å². The van der Waals surface area contributed by atoms with Gasteiger partial charge in [-0.05, 0) is 24.6 Å². The summed E-state index contributed by atoms with van der Waals surface area (Å²) in [6.45, 7) is 2.53. The van der Waals surface area contributed by atoms with Crippen LogP contribution in [0.3, 0.4) is 0 Å². The molecule has 0 unspecified atom stereocenters. The van der Waals surface area contributed by atoms with E-state index >= 15 is 0 Å². The Bertz CT molecular complexity index is 366. The monoisotopic (exact) mass is 229 g/mol. The molecule has 2 nitrogen and oxygen atoms in total. The lowest BCUT2D eigenvalue weighted by molar-refractivity contribution is 0.387. The maximum absolute atomic E-state index is 13.0. The molecular formula is C11H13ClFNO. The Balaban J connectivity index is 2.70. The molecule has 0 aliphatic heterocycles. The molecule has 82 valence electrons. The van der Waals surface area contributed by atoms with E-state index in [0.29, 0.717) is 6.54 Å². The highest BCUT2D eigenvalue weighted by molar-refractivity contribution is 6.25. The molecule has 0 radical (unpaired) electrons. The molecule has 0 aliphatic rings. The van der Waals surface area contributed by atoms with Crippen LogP contribution in [0.25, 0.3) is 0 Å². The molecular weight excluding hydrogens is 217 g/mol. The predicted molar refractivity (Wildman–Crippen MR) is 61.1 cm³/mol. The van der Waals surface area contributed by atoms with Gasteiger partial charge in [0.25, 0.3) is 0 Å². The first-order chi connectivity index (χ1) is 7.17. The predicted octanol–water partition coefficient (Wildman–Crippen LogP) is 3.39. The van der Waals surface area contributed by atoms with Gasteiger partial charge in [-0.2, -0.15) is 0 Å². The Morgan fingerprint density at radius 1 is 1.60 bits per heavy atom. The Labute approximate surface area is 93.7 Å². The van der Waals surface area contributed by atoms with Crippen molar-refractivity contribution in [1.82, 2.24) is 0 Å². The number of methoxy groups -OCH3 is 1. The molecule has 0 aliphatic carbocycles. The second-order valence-electron chi connectivity index (χ2n) is 3.16. The zero-order valence-corrected chi connectivity index (χ0v) is 9.44. The van der Waals surface area contributed by atoms with E-state index in [1.165, 1.54) is 18.7 Å². The highest BCUT2D eigenvalue weighted by Crippen LogP contribution is 2.21. The summed E-state index contributed by atoms with van der Waals surface area (Å²) in [4.78, 5) is 0. The summed E-state index contributed by atoms with van der Waals surface area (Å²) in [6.07, 6.45) is 0. The van der Waals surface area contributed by atoms with Gasteiger partial charge >= 0.3 is 0 Å². The van der Waals surface area contributed by atoms with Gasteiger partial charge in [0.1, 0.15) is 0 Å². The van der Waals surface area contributed by atoms with Crippen LogP contribution in [-0.4, -0.2) is 13.7 Å². The van der Waals surface area contributed by atoms with Gasteiger partial charge in [-0.25, -0.2) is 4.39 Å². The number of anilines is 1. The van der Waals surface area contributed by atoms with Gasteiger partial charge in [0.15, 0.2) is 11.6 Å². The van der Waals surface area contributed by atoms with Crippen LogP contribution in [0.1, 0.15) is 6.92 Å². The standard InChI is InChI=1S/C11H13ClFNO/c1-8(6-12)7-14-9-3-4-10(13)11(5-9)15-2/h3-6,14H,7H2,1-2H3/b8-6+. The van der Waals surface area contributed by atoms with Crippen LogP contribution in [0, 0.1) is 5.82 Å². The molecule has 4 heteroatoms. The van der Waals surface area contributed by atoms with Gasteiger partial charge < -0.3 is 10.1 Å². The van der Waals surface area contributed by atoms with Crippen LogP contribution in [0.4, 0.5) is 10.1 Å². The van der Waals surface area contributed by atoms with Crippen molar-refractivity contribution in [3.63, 3.8) is 0 Å². The first-order valence-corrected chi connectivity index (χ1v) is 4.94. The smallest absolute Gasteiger partial charge is 0.165 e. The second-order valence-corrected chi connectivity index (χ2v) is 3.38. The number of rotatable bonds is 4. The minimum Gasteiger partial charge on any atom is -0.494 e. The summed E-state index contributed by atoms with van der Waals surface area (Å²) in [7, 11) is 1.44. The van der Waals surface area contributed by atoms with Gasteiger partial charge in [-0.15, -0.1) is 0 Å². The molecule has 0 saturated heterocycles. The van der Waals surface area contributed by atoms with Gasteiger partial charge in [-0.3, -0.25) is 0 Å². The third-order valence-corrected chi connectivity index (χ3v) is 2.28. The van der Waals surface area contributed by atoms with E-state index < -0.39 is 0 Å². The summed E-state index contributed by atoms with van der Waals surface area (Å²) >= 11 is 5.52. The molecule has 1 N–H and O–H groups in total. The molecule has 0 spiro atoms. The average Bonchev–Trinajstić information content (AvgIpc) is 2.27. The summed E-state index contributed by atoms with van der Waals surface area (Å²) in [5.41, 5.74) is 3.30. The fraction of sp³-hybridized carbons (Fsp3) is 0.273. The fourth-order valence-corrected chi connectivity index (χ4v) is 1.13. The number of ether oxygens (including phenoxy) is 1. The highest BCUT2D eigenvalue weighted by atomic mass is 35.5. The largest absolute Gasteiger partial charge is 0.494 e. The molecule has 0 amide bonds. The number of halogens is 2. The second kappa shape index (κ2) is 5.61. The number of benzene rings is 1. The SMILES string of the molecule is COc1cc(NC/C(C)=C/Cl)ccc1F. The third kappa shape index (κ3) is 3.44. The molecule has 15 heavy (non-hydrogen) atoms. The van der Waals surface area contributed by atoms with Crippen molar-refractivity contribution in [3.8, 4) is 5.75 Å². The summed E-state index contributed by atoms with van der Waals surface area (Å²) in [5.74, 6) is -0.139. The molecule has 0 fully saturated rings. The molecule has 0 atom stereocenters. The normalized spacial score (nSPS) is 11.3. The number of nitrogens with one attached hydrogen (secondary N) is 1. The van der Waals surface area contributed by atoms with Crippen LogP contribution < -0.4 is 10.1 Å². The molecule has 0 saturated carbocycles. The fourth-order valence-electron chi connectivity index (χ4n) is 1.05. The van der Waals surface area contributed by atoms with Crippen molar-refractivity contribution in [3.05, 3.63) is 35.1 Å². The van der Waals surface area contributed by atoms with E-state index in [1.54, 1.807) is 12.1 Å². The first kappa shape index (κ1) is 11.9. The highest BCUT2D eigenvalue weighted by Gasteiger charge is 2.02. The summed E-state index contributed by atoms with van der Waals surface area (Å²) < 4.78 is 17.9. The van der Waals surface area contributed by atoms with Crippen LogP contribution in [0.2, 0.25) is 0 Å². The van der Waals surface area contributed by atoms with E-state index in [2.05, 4.69) is 5.32 Å². The van der Waals surface area contributed by atoms with Crippen molar-refractivity contribution in [2.45, 2.75) is 6.92 Å². The average molecular weight is 230 g/mol. The lowest BCUT2D eigenvalue weighted by Crippen LogP contribution is -2.02. The number of hydrogen-bond acceptors (Lipinski definition) is 2. The van der Waals surface area contributed by atoms with Crippen molar-refractivity contribution < 1.29 is 9.13 Å². The first-order valence-electron chi connectivity index (χ1n) is 4.50. The lowest BCUT2D eigenvalue weighted by atomic mass is 10.2. The maximum atomic E-state index is 13.0. The zero-order valence-electron chi connectivity index (χ0n) is 8.68. The van der Waals surface area contributed by atoms with E-state index in [0.717, 1.165) is 11.3 Å². The zero-order chi connectivity index (χ0) is 11.3. The third-order valence-electron chi connectivity index (χ3n) is 1.91. The van der Waals surface area contributed by atoms with E-state index in [4.69, 9.17) is 16.3 Å². The quantitative estimate of drug-likeness (QED) is 0.855. The van der Waals surface area contributed by atoms with E-state index in [9.17, 15) is 4.39 Å². The van der Waals surface area contributed by atoms with Crippen molar-refractivity contribution in [1.29, 1.82) is 0 Å². The number of hydrogen-bond donors (Lipinski definition) is 1. The molecule has 1 aromatic carbocycles. The van der Waals surface area contributed by atoms with Gasteiger partial charge in [-0.1, -0.05) is 11.6 Å². The van der Waals surface area contributed by atoms with Crippen molar-refractivity contribution in [2.24, 2.45) is 0 Å². The van der Waals surface area contributed by atoms with Crippen LogP contribution in [-0.2, 0) is 0 Å². The lowest BCUT2D eigenvalue weighted by Gasteiger charge is -2.08. The van der Waals surface area contributed by atoms with Gasteiger partial charge in [0.05, 0.1) is 7.11 Å². The maximum Gasteiger partial charge on any atom is 0.165 e. The molecule has 0 bridgehead atoms. The molecule has 0 aromatic heterocycles. The van der Waals surface area contributed by atoms with Gasteiger partial charge in [0.2, 0.25) is 0 Å². The Kier molecular flexibility index (Phi) is 4.43.